The van der Waals surface area contributed by atoms with E-state index >= 15 is 0 Å². The predicted octanol–water partition coefficient (Wildman–Crippen LogP) is 4.36. The summed E-state index contributed by atoms with van der Waals surface area (Å²) in [6.45, 7) is 2.12. The molecule has 1 aromatic rings. The van der Waals surface area contributed by atoms with Gasteiger partial charge < -0.3 is 5.32 Å². The number of thioether (sulfide) groups is 1. The monoisotopic (exact) mass is 275 g/mol. The molecule has 1 nitrogen and oxygen atoms in total. The highest BCUT2D eigenvalue weighted by atomic mass is 32.2. The molecular formula is C17H25NS. The van der Waals surface area contributed by atoms with Gasteiger partial charge in [0.05, 0.1) is 0 Å². The van der Waals surface area contributed by atoms with Gasteiger partial charge in [0.15, 0.2) is 0 Å². The molecule has 0 spiro atoms. The molecule has 0 aliphatic heterocycles. The van der Waals surface area contributed by atoms with Crippen LogP contribution in [0.2, 0.25) is 0 Å². The van der Waals surface area contributed by atoms with Gasteiger partial charge >= 0.3 is 0 Å². The van der Waals surface area contributed by atoms with Crippen molar-refractivity contribution < 1.29 is 0 Å². The smallest absolute Gasteiger partial charge is 0.0281 e. The minimum absolute atomic E-state index is 0.499. The van der Waals surface area contributed by atoms with Crippen LogP contribution in [0, 0.1) is 0 Å². The van der Waals surface area contributed by atoms with Gasteiger partial charge in [0.1, 0.15) is 0 Å². The maximum absolute atomic E-state index is 3.61. The lowest BCUT2D eigenvalue weighted by atomic mass is 9.88. The highest BCUT2D eigenvalue weighted by Crippen LogP contribution is 2.37. The van der Waals surface area contributed by atoms with Crippen LogP contribution in [0.4, 0.5) is 0 Å². The standard InChI is InChI=1S/C17H25NS/c1-19-17(12-6-3-7-13-17)15-18-14-8-11-16-9-4-2-5-10-16/h2,4-5,8-11,18H,3,6-7,12-15H2,1H3/b11-8+. The molecule has 1 saturated carbocycles. The van der Waals surface area contributed by atoms with Crippen LogP contribution >= 0.6 is 11.8 Å². The zero-order chi connectivity index (χ0) is 13.4. The summed E-state index contributed by atoms with van der Waals surface area (Å²) in [7, 11) is 0. The molecule has 1 aromatic carbocycles. The first kappa shape index (κ1) is 14.7. The van der Waals surface area contributed by atoms with E-state index in [0.29, 0.717) is 4.75 Å². The van der Waals surface area contributed by atoms with E-state index in [-0.39, 0.29) is 0 Å². The van der Waals surface area contributed by atoms with Crippen molar-refractivity contribution >= 4 is 17.8 Å². The summed E-state index contributed by atoms with van der Waals surface area (Å²) in [5.41, 5.74) is 1.28. The van der Waals surface area contributed by atoms with Crippen LogP contribution in [0.15, 0.2) is 36.4 Å². The third-order valence-corrected chi connectivity index (χ3v) is 5.44. The topological polar surface area (TPSA) is 12.0 Å². The molecule has 1 aliphatic rings. The van der Waals surface area contributed by atoms with Crippen LogP contribution in [-0.4, -0.2) is 24.1 Å². The Kier molecular flexibility index (Phi) is 5.99. The predicted molar refractivity (Wildman–Crippen MR) is 87.7 cm³/mol. The molecule has 19 heavy (non-hydrogen) atoms. The molecule has 104 valence electrons. The first-order valence-corrected chi connectivity index (χ1v) is 8.55. The maximum Gasteiger partial charge on any atom is 0.0281 e. The molecule has 0 atom stereocenters. The van der Waals surface area contributed by atoms with Gasteiger partial charge in [-0.15, -0.1) is 0 Å². The summed E-state index contributed by atoms with van der Waals surface area (Å²) >= 11 is 2.06. The highest BCUT2D eigenvalue weighted by Gasteiger charge is 2.30. The van der Waals surface area contributed by atoms with Crippen molar-refractivity contribution in [2.24, 2.45) is 0 Å². The van der Waals surface area contributed by atoms with Gasteiger partial charge in [-0.2, -0.15) is 11.8 Å². The minimum atomic E-state index is 0.499. The molecule has 1 aliphatic carbocycles. The van der Waals surface area contributed by atoms with Gasteiger partial charge in [0.2, 0.25) is 0 Å². The summed E-state index contributed by atoms with van der Waals surface area (Å²) < 4.78 is 0.499. The van der Waals surface area contributed by atoms with E-state index in [1.807, 2.05) is 0 Å². The lowest BCUT2D eigenvalue weighted by molar-refractivity contribution is 0.384. The second kappa shape index (κ2) is 7.76. The zero-order valence-corrected chi connectivity index (χ0v) is 12.7. The Morgan fingerprint density at radius 2 is 1.89 bits per heavy atom. The van der Waals surface area contributed by atoms with Crippen LogP contribution < -0.4 is 5.32 Å². The van der Waals surface area contributed by atoms with Crippen molar-refractivity contribution in [3.8, 4) is 0 Å². The first-order chi connectivity index (χ1) is 9.35. The number of hydrogen-bond donors (Lipinski definition) is 1. The second-order valence-electron chi connectivity index (χ2n) is 5.39. The molecule has 2 heteroatoms. The molecule has 0 unspecified atom stereocenters. The Morgan fingerprint density at radius 1 is 1.16 bits per heavy atom. The Hall–Kier alpha value is -0.730. The van der Waals surface area contributed by atoms with E-state index in [0.717, 1.165) is 13.1 Å². The Balaban J connectivity index is 1.72. The van der Waals surface area contributed by atoms with E-state index in [9.17, 15) is 0 Å². The number of benzene rings is 1. The fraction of sp³-hybridized carbons (Fsp3) is 0.529. The summed E-state index contributed by atoms with van der Waals surface area (Å²) in [5.74, 6) is 0. The van der Waals surface area contributed by atoms with Crippen molar-refractivity contribution in [2.45, 2.75) is 36.9 Å². The Bertz CT molecular complexity index is 380. The van der Waals surface area contributed by atoms with E-state index in [1.54, 1.807) is 0 Å². The summed E-state index contributed by atoms with van der Waals surface area (Å²) in [6.07, 6.45) is 13.7. The molecule has 0 radical (unpaired) electrons. The average molecular weight is 275 g/mol. The van der Waals surface area contributed by atoms with Crippen LogP contribution in [0.5, 0.6) is 0 Å². The number of rotatable bonds is 6. The van der Waals surface area contributed by atoms with E-state index in [4.69, 9.17) is 0 Å². The van der Waals surface area contributed by atoms with Crippen molar-refractivity contribution in [2.75, 3.05) is 19.3 Å². The minimum Gasteiger partial charge on any atom is -0.312 e. The van der Waals surface area contributed by atoms with Crippen LogP contribution in [0.3, 0.4) is 0 Å². The van der Waals surface area contributed by atoms with Gasteiger partial charge in [-0.3, -0.25) is 0 Å². The Morgan fingerprint density at radius 3 is 2.58 bits per heavy atom. The van der Waals surface area contributed by atoms with Crippen molar-refractivity contribution in [1.29, 1.82) is 0 Å². The second-order valence-corrected chi connectivity index (χ2v) is 6.67. The molecule has 0 amide bonds. The van der Waals surface area contributed by atoms with Crippen LogP contribution in [-0.2, 0) is 0 Å². The van der Waals surface area contributed by atoms with Crippen LogP contribution in [0.25, 0.3) is 6.08 Å². The molecule has 1 fully saturated rings. The summed E-state index contributed by atoms with van der Waals surface area (Å²) in [4.78, 5) is 0. The lowest BCUT2D eigenvalue weighted by Crippen LogP contribution is -2.39. The molecule has 1 N–H and O–H groups in total. The van der Waals surface area contributed by atoms with Crippen LogP contribution in [0.1, 0.15) is 37.7 Å². The van der Waals surface area contributed by atoms with Crippen molar-refractivity contribution in [3.63, 3.8) is 0 Å². The zero-order valence-electron chi connectivity index (χ0n) is 11.9. The van der Waals surface area contributed by atoms with Gasteiger partial charge in [-0.25, -0.2) is 0 Å². The van der Waals surface area contributed by atoms with Gasteiger partial charge in [-0.1, -0.05) is 61.7 Å². The molecular weight excluding hydrogens is 250 g/mol. The Labute approximate surface area is 121 Å². The van der Waals surface area contributed by atoms with Gasteiger partial charge in [-0.05, 0) is 24.7 Å². The fourth-order valence-electron chi connectivity index (χ4n) is 2.79. The largest absolute Gasteiger partial charge is 0.312 e. The third-order valence-electron chi connectivity index (χ3n) is 4.02. The molecule has 2 rings (SSSR count). The molecule has 0 saturated heterocycles. The summed E-state index contributed by atoms with van der Waals surface area (Å²) in [6, 6.07) is 10.5. The fourth-order valence-corrected chi connectivity index (χ4v) is 3.73. The SMILES string of the molecule is CSC1(CNC/C=C/c2ccccc2)CCCCC1. The number of hydrogen-bond acceptors (Lipinski definition) is 2. The first-order valence-electron chi connectivity index (χ1n) is 7.32. The van der Waals surface area contributed by atoms with Gasteiger partial charge in [0, 0.05) is 17.8 Å². The van der Waals surface area contributed by atoms with E-state index in [1.165, 1.54) is 37.7 Å². The molecule has 0 heterocycles. The third kappa shape index (κ3) is 4.70. The van der Waals surface area contributed by atoms with E-state index in [2.05, 4.69) is 65.8 Å². The van der Waals surface area contributed by atoms with Crippen molar-refractivity contribution in [1.82, 2.24) is 5.32 Å². The van der Waals surface area contributed by atoms with Gasteiger partial charge in [0.25, 0.3) is 0 Å². The van der Waals surface area contributed by atoms with Crippen molar-refractivity contribution in [3.05, 3.63) is 42.0 Å². The summed E-state index contributed by atoms with van der Waals surface area (Å²) in [5, 5.41) is 3.61. The quantitative estimate of drug-likeness (QED) is 0.774. The average Bonchev–Trinajstić information content (AvgIpc) is 2.49. The molecule has 0 bridgehead atoms. The number of nitrogens with one attached hydrogen (secondary N) is 1. The highest BCUT2D eigenvalue weighted by molar-refractivity contribution is 8.00. The lowest BCUT2D eigenvalue weighted by Gasteiger charge is -2.35. The maximum atomic E-state index is 3.61. The van der Waals surface area contributed by atoms with E-state index < -0.39 is 0 Å². The molecule has 0 aromatic heterocycles. The normalized spacial score (nSPS) is 18.8.